The third-order valence-electron chi connectivity index (χ3n) is 4.40. The van der Waals surface area contributed by atoms with E-state index in [0.717, 1.165) is 35.7 Å². The molecule has 0 aliphatic heterocycles. The van der Waals surface area contributed by atoms with Gasteiger partial charge in [0.1, 0.15) is 5.75 Å². The zero-order valence-electron chi connectivity index (χ0n) is 16.8. The Hall–Kier alpha value is -3.19. The van der Waals surface area contributed by atoms with Crippen molar-refractivity contribution in [1.29, 1.82) is 0 Å². The molecule has 2 N–H and O–H groups in total. The SMILES string of the molecule is CCNCc1cccc(NC(=O)CCCc2nc(-c3ccc(OC)cc3)no2)c1. The standard InChI is InChI=1S/C22H26N4O3/c1-3-23-15-16-6-4-7-18(14-16)24-20(27)8-5-9-21-25-22(26-29-21)17-10-12-19(28-2)13-11-17/h4,6-7,10-14,23H,3,5,8-9,15H2,1-2H3,(H,24,27). The molecular formula is C22H26N4O3. The molecule has 3 rings (SSSR count). The molecule has 0 saturated heterocycles. The van der Waals surface area contributed by atoms with Crippen molar-refractivity contribution in [3.05, 3.63) is 60.0 Å². The van der Waals surface area contributed by atoms with Gasteiger partial charge in [-0.25, -0.2) is 0 Å². The first kappa shape index (κ1) is 20.5. The maximum atomic E-state index is 12.2. The summed E-state index contributed by atoms with van der Waals surface area (Å²) in [5.74, 6) is 1.80. The zero-order valence-corrected chi connectivity index (χ0v) is 16.8. The number of benzene rings is 2. The summed E-state index contributed by atoms with van der Waals surface area (Å²) in [5.41, 5.74) is 2.81. The van der Waals surface area contributed by atoms with Gasteiger partial charge in [-0.05, 0) is 54.9 Å². The van der Waals surface area contributed by atoms with Crippen LogP contribution in [0.4, 0.5) is 5.69 Å². The van der Waals surface area contributed by atoms with E-state index in [2.05, 4.69) is 27.7 Å². The minimum absolute atomic E-state index is 0.0273. The number of aryl methyl sites for hydroxylation is 1. The normalized spacial score (nSPS) is 10.7. The van der Waals surface area contributed by atoms with Crippen LogP contribution < -0.4 is 15.4 Å². The molecule has 7 heteroatoms. The van der Waals surface area contributed by atoms with Crippen molar-refractivity contribution in [1.82, 2.24) is 15.5 Å². The predicted molar refractivity (Wildman–Crippen MR) is 112 cm³/mol. The Bertz CT molecular complexity index is 922. The van der Waals surface area contributed by atoms with Crippen LogP contribution in [0.2, 0.25) is 0 Å². The highest BCUT2D eigenvalue weighted by molar-refractivity contribution is 5.90. The number of anilines is 1. The lowest BCUT2D eigenvalue weighted by molar-refractivity contribution is -0.116. The number of carbonyl (C=O) groups is 1. The number of methoxy groups -OCH3 is 1. The molecule has 29 heavy (non-hydrogen) atoms. The van der Waals surface area contributed by atoms with Crippen molar-refractivity contribution in [3.8, 4) is 17.1 Å². The Balaban J connectivity index is 1.46. The molecule has 0 unspecified atom stereocenters. The van der Waals surface area contributed by atoms with E-state index in [1.54, 1.807) is 7.11 Å². The third-order valence-corrected chi connectivity index (χ3v) is 4.40. The average Bonchev–Trinajstić information content (AvgIpc) is 3.21. The molecule has 1 amide bonds. The predicted octanol–water partition coefficient (Wildman–Crippen LogP) is 3.82. The van der Waals surface area contributed by atoms with Crippen molar-refractivity contribution in [2.45, 2.75) is 32.7 Å². The summed E-state index contributed by atoms with van der Waals surface area (Å²) < 4.78 is 10.4. The Labute approximate surface area is 170 Å². The molecule has 0 radical (unpaired) electrons. The number of aromatic nitrogens is 2. The molecule has 0 spiro atoms. The maximum Gasteiger partial charge on any atom is 0.226 e. The maximum absolute atomic E-state index is 12.2. The second-order valence-corrected chi connectivity index (χ2v) is 6.62. The number of amides is 1. The van der Waals surface area contributed by atoms with Gasteiger partial charge in [-0.2, -0.15) is 4.98 Å². The molecule has 7 nitrogen and oxygen atoms in total. The fourth-order valence-electron chi connectivity index (χ4n) is 2.87. The fraction of sp³-hybridized carbons (Fsp3) is 0.318. The van der Waals surface area contributed by atoms with Crippen LogP contribution in [0.15, 0.2) is 53.1 Å². The molecule has 1 heterocycles. The summed E-state index contributed by atoms with van der Waals surface area (Å²) in [6.07, 6.45) is 1.57. The van der Waals surface area contributed by atoms with Crippen LogP contribution in [-0.2, 0) is 17.8 Å². The summed E-state index contributed by atoms with van der Waals surface area (Å²) >= 11 is 0. The quantitative estimate of drug-likeness (QED) is 0.543. The molecule has 0 saturated carbocycles. The average molecular weight is 394 g/mol. The van der Waals surface area contributed by atoms with Gasteiger partial charge in [-0.1, -0.05) is 24.2 Å². The van der Waals surface area contributed by atoms with Crippen molar-refractivity contribution in [2.75, 3.05) is 19.0 Å². The van der Waals surface area contributed by atoms with Crippen LogP contribution >= 0.6 is 0 Å². The molecule has 0 fully saturated rings. The number of nitrogens with zero attached hydrogens (tertiary/aromatic N) is 2. The second-order valence-electron chi connectivity index (χ2n) is 6.62. The molecule has 0 atom stereocenters. The third kappa shape index (κ3) is 6.15. The summed E-state index contributed by atoms with van der Waals surface area (Å²) in [6.45, 7) is 3.76. The molecule has 3 aromatic rings. The molecule has 0 aliphatic rings. The van der Waals surface area contributed by atoms with E-state index >= 15 is 0 Å². The molecule has 2 aromatic carbocycles. The van der Waals surface area contributed by atoms with Gasteiger partial charge >= 0.3 is 0 Å². The van der Waals surface area contributed by atoms with Gasteiger partial charge in [-0.15, -0.1) is 0 Å². The van der Waals surface area contributed by atoms with Crippen LogP contribution in [0.3, 0.4) is 0 Å². The van der Waals surface area contributed by atoms with Crippen LogP contribution in [0.25, 0.3) is 11.4 Å². The van der Waals surface area contributed by atoms with Crippen LogP contribution in [-0.4, -0.2) is 29.7 Å². The van der Waals surface area contributed by atoms with Gasteiger partial charge in [-0.3, -0.25) is 4.79 Å². The smallest absolute Gasteiger partial charge is 0.226 e. The highest BCUT2D eigenvalue weighted by Gasteiger charge is 2.10. The first-order valence-corrected chi connectivity index (χ1v) is 9.74. The van der Waals surface area contributed by atoms with Crippen molar-refractivity contribution in [2.24, 2.45) is 0 Å². The molecule has 1 aromatic heterocycles. The lowest BCUT2D eigenvalue weighted by atomic mass is 10.2. The van der Waals surface area contributed by atoms with E-state index in [1.165, 1.54) is 0 Å². The largest absolute Gasteiger partial charge is 0.497 e. The summed E-state index contributed by atoms with van der Waals surface area (Å²) in [7, 11) is 1.62. The summed E-state index contributed by atoms with van der Waals surface area (Å²) in [5, 5.41) is 10.2. The Morgan fingerprint density at radius 3 is 2.76 bits per heavy atom. The zero-order chi connectivity index (χ0) is 20.5. The van der Waals surface area contributed by atoms with E-state index in [0.29, 0.717) is 31.0 Å². The lowest BCUT2D eigenvalue weighted by Crippen LogP contribution is -2.14. The van der Waals surface area contributed by atoms with Gasteiger partial charge in [0, 0.05) is 30.6 Å². The first-order valence-electron chi connectivity index (χ1n) is 9.74. The topological polar surface area (TPSA) is 89.3 Å². The Kier molecular flexibility index (Phi) is 7.35. The molecule has 0 bridgehead atoms. The highest BCUT2D eigenvalue weighted by Crippen LogP contribution is 2.20. The number of ether oxygens (including phenoxy) is 1. The fourth-order valence-corrected chi connectivity index (χ4v) is 2.87. The number of carbonyl (C=O) groups excluding carboxylic acids is 1. The van der Waals surface area contributed by atoms with Gasteiger partial charge < -0.3 is 19.9 Å². The van der Waals surface area contributed by atoms with Crippen LogP contribution in [0, 0.1) is 0 Å². The minimum atomic E-state index is -0.0273. The molecule has 152 valence electrons. The number of rotatable bonds is 10. The molecular weight excluding hydrogens is 368 g/mol. The van der Waals surface area contributed by atoms with Crippen molar-refractivity contribution < 1.29 is 14.1 Å². The van der Waals surface area contributed by atoms with E-state index in [-0.39, 0.29) is 5.91 Å². The summed E-state index contributed by atoms with van der Waals surface area (Å²) in [6, 6.07) is 15.3. The Morgan fingerprint density at radius 1 is 1.17 bits per heavy atom. The number of hydrogen-bond acceptors (Lipinski definition) is 6. The minimum Gasteiger partial charge on any atom is -0.497 e. The van der Waals surface area contributed by atoms with E-state index in [4.69, 9.17) is 9.26 Å². The highest BCUT2D eigenvalue weighted by atomic mass is 16.5. The van der Waals surface area contributed by atoms with Gasteiger partial charge in [0.25, 0.3) is 0 Å². The second kappa shape index (κ2) is 10.4. The number of nitrogens with one attached hydrogen (secondary N) is 2. The van der Waals surface area contributed by atoms with Crippen molar-refractivity contribution in [3.63, 3.8) is 0 Å². The lowest BCUT2D eigenvalue weighted by Gasteiger charge is -2.07. The monoisotopic (exact) mass is 394 g/mol. The van der Waals surface area contributed by atoms with Crippen LogP contribution in [0.5, 0.6) is 5.75 Å². The molecule has 0 aliphatic carbocycles. The Morgan fingerprint density at radius 2 is 2.00 bits per heavy atom. The van der Waals surface area contributed by atoms with E-state index in [9.17, 15) is 4.79 Å². The van der Waals surface area contributed by atoms with Crippen molar-refractivity contribution >= 4 is 11.6 Å². The van der Waals surface area contributed by atoms with E-state index < -0.39 is 0 Å². The number of hydrogen-bond donors (Lipinski definition) is 2. The van der Waals surface area contributed by atoms with Gasteiger partial charge in [0.2, 0.25) is 17.6 Å². The van der Waals surface area contributed by atoms with E-state index in [1.807, 2.05) is 48.5 Å². The first-order chi connectivity index (χ1) is 14.2. The van der Waals surface area contributed by atoms with Gasteiger partial charge in [0.15, 0.2) is 0 Å². The van der Waals surface area contributed by atoms with Gasteiger partial charge in [0.05, 0.1) is 7.11 Å². The summed E-state index contributed by atoms with van der Waals surface area (Å²) in [4.78, 5) is 16.6. The van der Waals surface area contributed by atoms with Crippen LogP contribution in [0.1, 0.15) is 31.2 Å².